The number of benzene rings is 1. The molecule has 0 spiro atoms. The molecule has 0 radical (unpaired) electrons. The maximum atomic E-state index is 11.0. The molecule has 78 valence electrons. The molecule has 1 heterocycles. The van der Waals surface area contributed by atoms with Crippen LogP contribution in [0, 0.1) is 4.71 Å². The molecule has 2 aromatic rings. The highest BCUT2D eigenvalue weighted by Crippen LogP contribution is 2.19. The van der Waals surface area contributed by atoms with Gasteiger partial charge in [0, 0.05) is 0 Å². The fourth-order valence-electron chi connectivity index (χ4n) is 1.47. The van der Waals surface area contributed by atoms with Crippen LogP contribution in [0.3, 0.4) is 0 Å². The van der Waals surface area contributed by atoms with E-state index in [1.807, 2.05) is 18.2 Å². The van der Waals surface area contributed by atoms with E-state index in [-0.39, 0.29) is 4.71 Å². The largest absolute Gasteiger partial charge is 0.417 e. The topological polar surface area (TPSA) is 46.0 Å². The van der Waals surface area contributed by atoms with Gasteiger partial charge >= 0.3 is 5.76 Å². The highest BCUT2D eigenvalue weighted by atomic mass is 32.1. The Balaban J connectivity index is 2.83. The average molecular weight is 221 g/mol. The zero-order chi connectivity index (χ0) is 11.0. The van der Waals surface area contributed by atoms with Gasteiger partial charge in [0.1, 0.15) is 0 Å². The smallest absolute Gasteiger partial charge is 0.397 e. The van der Waals surface area contributed by atoms with Crippen LogP contribution in [0.1, 0.15) is 25.3 Å². The van der Waals surface area contributed by atoms with Crippen molar-refractivity contribution in [3.8, 4) is 0 Å². The second-order valence-corrected chi connectivity index (χ2v) is 4.13. The van der Waals surface area contributed by atoms with Crippen molar-refractivity contribution in [3.63, 3.8) is 0 Å². The number of H-pyrrole nitrogens is 1. The summed E-state index contributed by atoms with van der Waals surface area (Å²) in [7, 11) is 0. The van der Waals surface area contributed by atoms with E-state index < -0.39 is 5.76 Å². The SMILES string of the molecule is CC(C)c1ccc2[nH]c(=O)oc(=S)c2c1. The molecule has 0 atom stereocenters. The van der Waals surface area contributed by atoms with Gasteiger partial charge in [-0.15, -0.1) is 0 Å². The summed E-state index contributed by atoms with van der Waals surface area (Å²) in [6, 6.07) is 5.80. The Bertz CT molecular complexity index is 610. The predicted molar refractivity (Wildman–Crippen MR) is 61.8 cm³/mol. The molecule has 15 heavy (non-hydrogen) atoms. The monoisotopic (exact) mass is 221 g/mol. The number of aromatic nitrogens is 1. The first kappa shape index (κ1) is 10.1. The summed E-state index contributed by atoms with van der Waals surface area (Å²) in [5, 5.41) is 0.788. The van der Waals surface area contributed by atoms with Crippen LogP contribution >= 0.6 is 12.2 Å². The number of fused-ring (bicyclic) bond motifs is 1. The van der Waals surface area contributed by atoms with E-state index in [1.54, 1.807) is 0 Å². The summed E-state index contributed by atoms with van der Waals surface area (Å²) in [5.74, 6) is -0.0828. The Kier molecular flexibility index (Phi) is 2.44. The zero-order valence-corrected chi connectivity index (χ0v) is 9.35. The molecule has 0 aliphatic rings. The Hall–Kier alpha value is -1.42. The number of hydrogen-bond acceptors (Lipinski definition) is 3. The summed E-state index contributed by atoms with van der Waals surface area (Å²) in [4.78, 5) is 13.6. The summed E-state index contributed by atoms with van der Waals surface area (Å²) in [5.41, 5.74) is 1.90. The minimum Gasteiger partial charge on any atom is -0.397 e. The van der Waals surface area contributed by atoms with Crippen molar-refractivity contribution in [2.24, 2.45) is 0 Å². The zero-order valence-electron chi connectivity index (χ0n) is 8.53. The van der Waals surface area contributed by atoms with E-state index in [2.05, 4.69) is 18.8 Å². The third-order valence-corrected chi connectivity index (χ3v) is 2.66. The number of aromatic amines is 1. The van der Waals surface area contributed by atoms with Crippen LogP contribution in [-0.4, -0.2) is 4.98 Å². The summed E-state index contributed by atoms with van der Waals surface area (Å²) in [6.07, 6.45) is 0. The van der Waals surface area contributed by atoms with E-state index in [9.17, 15) is 4.79 Å². The molecular formula is C11H11NO2S. The molecule has 1 N–H and O–H groups in total. The molecule has 1 aromatic heterocycles. The molecule has 2 rings (SSSR count). The van der Waals surface area contributed by atoms with Gasteiger partial charge in [-0.05, 0) is 35.8 Å². The first-order valence-corrected chi connectivity index (χ1v) is 5.16. The van der Waals surface area contributed by atoms with Crippen LogP contribution in [0.5, 0.6) is 0 Å². The molecule has 0 aliphatic carbocycles. The number of rotatable bonds is 1. The normalized spacial score (nSPS) is 11.1. The van der Waals surface area contributed by atoms with Gasteiger partial charge in [0.05, 0.1) is 10.9 Å². The lowest BCUT2D eigenvalue weighted by molar-refractivity contribution is 0.479. The third kappa shape index (κ3) is 1.85. The maximum absolute atomic E-state index is 11.0. The molecule has 4 heteroatoms. The molecule has 0 saturated carbocycles. The van der Waals surface area contributed by atoms with Crippen LogP contribution in [0.25, 0.3) is 10.9 Å². The molecule has 0 fully saturated rings. The van der Waals surface area contributed by atoms with E-state index >= 15 is 0 Å². The Morgan fingerprint density at radius 3 is 2.80 bits per heavy atom. The quantitative estimate of drug-likeness (QED) is 0.753. The lowest BCUT2D eigenvalue weighted by Gasteiger charge is -2.05. The van der Waals surface area contributed by atoms with Gasteiger partial charge in [-0.3, -0.25) is 4.98 Å². The van der Waals surface area contributed by atoms with E-state index in [4.69, 9.17) is 16.6 Å². The van der Waals surface area contributed by atoms with E-state index in [0.717, 1.165) is 10.9 Å². The Labute approximate surface area is 91.8 Å². The van der Waals surface area contributed by atoms with Gasteiger partial charge in [-0.2, -0.15) is 0 Å². The van der Waals surface area contributed by atoms with Crippen molar-refractivity contribution in [1.82, 2.24) is 4.98 Å². The van der Waals surface area contributed by atoms with E-state index in [1.165, 1.54) is 5.56 Å². The van der Waals surface area contributed by atoms with E-state index in [0.29, 0.717) is 5.92 Å². The van der Waals surface area contributed by atoms with Gasteiger partial charge in [-0.1, -0.05) is 19.9 Å². The van der Waals surface area contributed by atoms with Gasteiger partial charge < -0.3 is 4.42 Å². The first-order valence-electron chi connectivity index (χ1n) is 4.75. The van der Waals surface area contributed by atoms with Crippen LogP contribution in [0.15, 0.2) is 27.4 Å². The Morgan fingerprint density at radius 2 is 2.13 bits per heavy atom. The first-order chi connectivity index (χ1) is 7.08. The molecule has 1 aromatic carbocycles. The molecule has 0 saturated heterocycles. The van der Waals surface area contributed by atoms with Crippen molar-refractivity contribution in [3.05, 3.63) is 39.0 Å². The fourth-order valence-corrected chi connectivity index (χ4v) is 1.72. The molecule has 0 bridgehead atoms. The van der Waals surface area contributed by atoms with Crippen LogP contribution in [0.2, 0.25) is 0 Å². The van der Waals surface area contributed by atoms with Crippen molar-refractivity contribution in [2.45, 2.75) is 19.8 Å². The highest BCUT2D eigenvalue weighted by Gasteiger charge is 2.03. The molecule has 0 aliphatic heterocycles. The Morgan fingerprint density at radius 1 is 1.40 bits per heavy atom. The fraction of sp³-hybridized carbons (Fsp3) is 0.273. The maximum Gasteiger partial charge on any atom is 0.417 e. The van der Waals surface area contributed by atoms with Crippen LogP contribution in [-0.2, 0) is 0 Å². The molecule has 0 unspecified atom stereocenters. The minimum absolute atomic E-state index is 0.247. The third-order valence-electron chi connectivity index (χ3n) is 2.35. The summed E-state index contributed by atoms with van der Waals surface area (Å²) >= 11 is 5.00. The predicted octanol–water partition coefficient (Wildman–Crippen LogP) is 2.97. The van der Waals surface area contributed by atoms with Crippen molar-refractivity contribution < 1.29 is 4.42 Å². The second-order valence-electron chi connectivity index (χ2n) is 3.76. The van der Waals surface area contributed by atoms with Gasteiger partial charge in [-0.25, -0.2) is 4.79 Å². The highest BCUT2D eigenvalue weighted by molar-refractivity contribution is 7.71. The van der Waals surface area contributed by atoms with Gasteiger partial charge in [0.25, 0.3) is 0 Å². The minimum atomic E-state index is -0.509. The average Bonchev–Trinajstić information content (AvgIpc) is 2.16. The molecule has 3 nitrogen and oxygen atoms in total. The number of nitrogens with one attached hydrogen (secondary N) is 1. The summed E-state index contributed by atoms with van der Waals surface area (Å²) < 4.78 is 5.08. The van der Waals surface area contributed by atoms with Crippen molar-refractivity contribution >= 4 is 23.1 Å². The van der Waals surface area contributed by atoms with Crippen molar-refractivity contribution in [2.75, 3.05) is 0 Å². The summed E-state index contributed by atoms with van der Waals surface area (Å²) in [6.45, 7) is 4.21. The lowest BCUT2D eigenvalue weighted by atomic mass is 10.0. The lowest BCUT2D eigenvalue weighted by Crippen LogP contribution is -2.03. The molecular weight excluding hydrogens is 210 g/mol. The van der Waals surface area contributed by atoms with Crippen molar-refractivity contribution in [1.29, 1.82) is 0 Å². The van der Waals surface area contributed by atoms with Crippen LogP contribution in [0.4, 0.5) is 0 Å². The standard InChI is InChI=1S/C11H11NO2S/c1-6(2)7-3-4-9-8(5-7)10(15)14-11(13)12-9/h3-6H,1-2H3,(H,12,13). The van der Waals surface area contributed by atoms with Gasteiger partial charge in [0.2, 0.25) is 4.71 Å². The van der Waals surface area contributed by atoms with Gasteiger partial charge in [0.15, 0.2) is 0 Å². The molecule has 0 amide bonds. The second kappa shape index (κ2) is 3.62. The number of hydrogen-bond donors (Lipinski definition) is 1. The van der Waals surface area contributed by atoms with Crippen LogP contribution < -0.4 is 5.76 Å².